The van der Waals surface area contributed by atoms with Crippen molar-refractivity contribution < 1.29 is 4.79 Å². The Morgan fingerprint density at radius 3 is 2.63 bits per heavy atom. The molecule has 0 saturated carbocycles. The van der Waals surface area contributed by atoms with Gasteiger partial charge in [0.2, 0.25) is 0 Å². The van der Waals surface area contributed by atoms with E-state index in [1.54, 1.807) is 12.4 Å². The first-order chi connectivity index (χ1) is 9.08. The maximum absolute atomic E-state index is 12.6. The van der Waals surface area contributed by atoms with E-state index in [1.165, 1.54) is 0 Å². The lowest BCUT2D eigenvalue weighted by Crippen LogP contribution is -2.70. The zero-order valence-electron chi connectivity index (χ0n) is 11.8. The maximum Gasteiger partial charge on any atom is 0.256 e. The van der Waals surface area contributed by atoms with Gasteiger partial charge >= 0.3 is 0 Å². The third kappa shape index (κ3) is 2.04. The zero-order chi connectivity index (χ0) is 13.6. The smallest absolute Gasteiger partial charge is 0.256 e. The molecule has 1 aromatic heterocycles. The van der Waals surface area contributed by atoms with Gasteiger partial charge in [0, 0.05) is 43.6 Å². The standard InChI is InChI=1S/C15H21N3O/c1-10(2)17-8-12-6-13(9-17)18(12)15(19)14-7-16-5-4-11(14)3/h4-5,7,10,12-13H,6,8-9H2,1-3H3. The fraction of sp³-hybridized carbons (Fsp3) is 0.600. The minimum Gasteiger partial charge on any atom is -0.330 e. The van der Waals surface area contributed by atoms with Crippen molar-refractivity contribution in [2.24, 2.45) is 0 Å². The highest BCUT2D eigenvalue weighted by Gasteiger charge is 2.47. The van der Waals surface area contributed by atoms with Crippen molar-refractivity contribution in [3.8, 4) is 0 Å². The number of piperazine rings is 1. The molecule has 3 rings (SSSR count). The first-order valence-corrected chi connectivity index (χ1v) is 7.05. The molecule has 1 aromatic rings. The van der Waals surface area contributed by atoms with Crippen LogP contribution in [0.1, 0.15) is 36.2 Å². The Morgan fingerprint density at radius 1 is 1.37 bits per heavy atom. The molecule has 2 aliphatic rings. The van der Waals surface area contributed by atoms with Gasteiger partial charge in [-0.05, 0) is 38.8 Å². The Labute approximate surface area is 114 Å². The highest BCUT2D eigenvalue weighted by Crippen LogP contribution is 2.34. The van der Waals surface area contributed by atoms with E-state index in [0.29, 0.717) is 18.1 Å². The molecular formula is C15H21N3O. The largest absolute Gasteiger partial charge is 0.330 e. The van der Waals surface area contributed by atoms with Gasteiger partial charge in [0.1, 0.15) is 0 Å². The van der Waals surface area contributed by atoms with Gasteiger partial charge in [0.15, 0.2) is 0 Å². The van der Waals surface area contributed by atoms with Gasteiger partial charge in [-0.3, -0.25) is 14.7 Å². The van der Waals surface area contributed by atoms with Gasteiger partial charge in [-0.2, -0.15) is 0 Å². The van der Waals surface area contributed by atoms with Crippen molar-refractivity contribution >= 4 is 5.91 Å². The number of aryl methyl sites for hydroxylation is 1. The predicted octanol–water partition coefficient (Wildman–Crippen LogP) is 1.70. The number of rotatable bonds is 2. The molecule has 2 bridgehead atoms. The van der Waals surface area contributed by atoms with Crippen LogP contribution < -0.4 is 0 Å². The molecule has 2 saturated heterocycles. The topological polar surface area (TPSA) is 36.4 Å². The first kappa shape index (κ1) is 12.6. The monoisotopic (exact) mass is 259 g/mol. The van der Waals surface area contributed by atoms with Gasteiger partial charge in [0.25, 0.3) is 5.91 Å². The van der Waals surface area contributed by atoms with Crippen LogP contribution in [0.15, 0.2) is 18.5 Å². The quantitative estimate of drug-likeness (QED) is 0.811. The second-order valence-corrected chi connectivity index (χ2v) is 5.99. The molecule has 0 spiro atoms. The van der Waals surface area contributed by atoms with Crippen LogP contribution in [-0.4, -0.2) is 51.9 Å². The minimum atomic E-state index is 0.162. The second kappa shape index (κ2) is 4.60. The molecule has 0 radical (unpaired) electrons. The molecule has 3 heterocycles. The number of fused-ring (bicyclic) bond motifs is 2. The SMILES string of the molecule is Cc1ccncc1C(=O)N1C2CC1CN(C(C)C)C2. The van der Waals surface area contributed by atoms with Crippen molar-refractivity contribution in [1.29, 1.82) is 0 Å². The highest BCUT2D eigenvalue weighted by atomic mass is 16.2. The summed E-state index contributed by atoms with van der Waals surface area (Å²) in [4.78, 5) is 21.2. The number of carbonyl (C=O) groups excluding carboxylic acids is 1. The van der Waals surface area contributed by atoms with Crippen LogP contribution in [0.3, 0.4) is 0 Å². The third-order valence-corrected chi connectivity index (χ3v) is 4.46. The summed E-state index contributed by atoms with van der Waals surface area (Å²) < 4.78 is 0. The van der Waals surface area contributed by atoms with Gasteiger partial charge in [-0.15, -0.1) is 0 Å². The van der Waals surface area contributed by atoms with Crippen molar-refractivity contribution in [2.45, 2.75) is 45.3 Å². The van der Waals surface area contributed by atoms with E-state index < -0.39 is 0 Å². The Morgan fingerprint density at radius 2 is 2.05 bits per heavy atom. The van der Waals surface area contributed by atoms with E-state index in [4.69, 9.17) is 0 Å². The van der Waals surface area contributed by atoms with Crippen LogP contribution in [0, 0.1) is 6.92 Å². The Kier molecular flexibility index (Phi) is 3.05. The van der Waals surface area contributed by atoms with E-state index in [0.717, 1.165) is 30.6 Å². The number of carbonyl (C=O) groups is 1. The van der Waals surface area contributed by atoms with Gasteiger partial charge in [-0.25, -0.2) is 0 Å². The van der Waals surface area contributed by atoms with Crippen LogP contribution >= 0.6 is 0 Å². The predicted molar refractivity (Wildman–Crippen MR) is 74.0 cm³/mol. The van der Waals surface area contributed by atoms with E-state index in [9.17, 15) is 4.79 Å². The molecule has 2 aliphatic heterocycles. The second-order valence-electron chi connectivity index (χ2n) is 5.99. The number of aromatic nitrogens is 1. The molecule has 102 valence electrons. The molecule has 4 heteroatoms. The summed E-state index contributed by atoms with van der Waals surface area (Å²) in [6.45, 7) is 8.45. The van der Waals surface area contributed by atoms with Crippen LogP contribution in [0.2, 0.25) is 0 Å². The van der Waals surface area contributed by atoms with Gasteiger partial charge in [-0.1, -0.05) is 0 Å². The minimum absolute atomic E-state index is 0.162. The van der Waals surface area contributed by atoms with E-state index >= 15 is 0 Å². The number of pyridine rings is 1. The molecule has 2 fully saturated rings. The first-order valence-electron chi connectivity index (χ1n) is 7.05. The van der Waals surface area contributed by atoms with Gasteiger partial charge in [0.05, 0.1) is 5.56 Å². The number of nitrogens with zero attached hydrogens (tertiary/aromatic N) is 3. The van der Waals surface area contributed by atoms with E-state index in [1.807, 2.05) is 13.0 Å². The summed E-state index contributed by atoms with van der Waals surface area (Å²) in [7, 11) is 0. The number of hydrogen-bond donors (Lipinski definition) is 0. The van der Waals surface area contributed by atoms with E-state index in [-0.39, 0.29) is 5.91 Å². The average Bonchev–Trinajstić information content (AvgIpc) is 2.39. The summed E-state index contributed by atoms with van der Waals surface area (Å²) in [5.74, 6) is 0.162. The lowest BCUT2D eigenvalue weighted by molar-refractivity contribution is -0.0563. The van der Waals surface area contributed by atoms with Gasteiger partial charge < -0.3 is 4.90 Å². The molecule has 0 aromatic carbocycles. The maximum atomic E-state index is 12.6. The summed E-state index contributed by atoms with van der Waals surface area (Å²) in [5.41, 5.74) is 1.78. The summed E-state index contributed by atoms with van der Waals surface area (Å²) in [5, 5.41) is 0. The summed E-state index contributed by atoms with van der Waals surface area (Å²) >= 11 is 0. The highest BCUT2D eigenvalue weighted by molar-refractivity contribution is 5.96. The molecule has 2 unspecified atom stereocenters. The number of likely N-dealkylation sites (tertiary alicyclic amines) is 2. The summed E-state index contributed by atoms with van der Waals surface area (Å²) in [6.07, 6.45) is 4.60. The number of piperidine rings is 1. The molecule has 19 heavy (non-hydrogen) atoms. The Hall–Kier alpha value is -1.42. The lowest BCUT2D eigenvalue weighted by Gasteiger charge is -2.57. The lowest BCUT2D eigenvalue weighted by atomic mass is 9.85. The van der Waals surface area contributed by atoms with Crippen molar-refractivity contribution in [1.82, 2.24) is 14.8 Å². The fourth-order valence-corrected chi connectivity index (χ4v) is 3.22. The number of amides is 1. The average molecular weight is 259 g/mol. The molecule has 2 atom stereocenters. The fourth-order valence-electron chi connectivity index (χ4n) is 3.22. The summed E-state index contributed by atoms with van der Waals surface area (Å²) in [6, 6.07) is 3.27. The van der Waals surface area contributed by atoms with Crippen LogP contribution in [0.25, 0.3) is 0 Å². The molecular weight excluding hydrogens is 238 g/mol. The van der Waals surface area contributed by atoms with Crippen molar-refractivity contribution in [3.63, 3.8) is 0 Å². The Bertz CT molecular complexity index is 488. The third-order valence-electron chi connectivity index (χ3n) is 4.46. The van der Waals surface area contributed by atoms with Crippen molar-refractivity contribution in [3.05, 3.63) is 29.6 Å². The normalized spacial score (nSPS) is 26.4. The zero-order valence-corrected chi connectivity index (χ0v) is 11.8. The Balaban J connectivity index is 1.76. The molecule has 4 nitrogen and oxygen atoms in total. The molecule has 0 N–H and O–H groups in total. The van der Waals surface area contributed by atoms with Crippen LogP contribution in [0.5, 0.6) is 0 Å². The molecule has 0 aliphatic carbocycles. The van der Waals surface area contributed by atoms with Crippen LogP contribution in [-0.2, 0) is 0 Å². The van der Waals surface area contributed by atoms with Crippen molar-refractivity contribution in [2.75, 3.05) is 13.1 Å². The van der Waals surface area contributed by atoms with Crippen LogP contribution in [0.4, 0.5) is 0 Å². The number of hydrogen-bond acceptors (Lipinski definition) is 3. The molecule has 1 amide bonds. The van der Waals surface area contributed by atoms with E-state index in [2.05, 4.69) is 28.6 Å².